The summed E-state index contributed by atoms with van der Waals surface area (Å²) in [4.78, 5) is 19.1. The van der Waals surface area contributed by atoms with Crippen molar-refractivity contribution in [3.05, 3.63) is 57.3 Å². The zero-order valence-corrected chi connectivity index (χ0v) is 12.0. The molecule has 1 heterocycles. The van der Waals surface area contributed by atoms with Crippen molar-refractivity contribution in [2.24, 2.45) is 0 Å². The van der Waals surface area contributed by atoms with Crippen molar-refractivity contribution in [2.75, 3.05) is 11.1 Å². The average molecular weight is 301 g/mol. The number of nitrogens with zero attached hydrogens (tertiary/aromatic N) is 1. The van der Waals surface area contributed by atoms with E-state index in [2.05, 4.69) is 15.3 Å². The molecule has 3 rings (SSSR count). The van der Waals surface area contributed by atoms with Gasteiger partial charge in [-0.1, -0.05) is 23.7 Å². The third kappa shape index (κ3) is 2.55. The van der Waals surface area contributed by atoms with Crippen LogP contribution >= 0.6 is 11.6 Å². The van der Waals surface area contributed by atoms with Gasteiger partial charge in [-0.05, 0) is 36.8 Å². The van der Waals surface area contributed by atoms with E-state index in [4.69, 9.17) is 17.3 Å². The number of nitrogens with two attached hydrogens (primary N) is 1. The maximum absolute atomic E-state index is 12.1. The molecule has 0 amide bonds. The molecule has 0 atom stereocenters. The molecule has 106 valence electrons. The van der Waals surface area contributed by atoms with Crippen LogP contribution < -0.4 is 16.6 Å². The average Bonchev–Trinajstić information content (AvgIpc) is 2.44. The first-order valence-electron chi connectivity index (χ1n) is 6.36. The summed E-state index contributed by atoms with van der Waals surface area (Å²) in [5, 5.41) is 4.08. The Kier molecular flexibility index (Phi) is 3.27. The zero-order valence-electron chi connectivity index (χ0n) is 11.3. The van der Waals surface area contributed by atoms with E-state index in [0.717, 1.165) is 11.3 Å². The van der Waals surface area contributed by atoms with Gasteiger partial charge >= 0.3 is 0 Å². The number of hydrogen-bond donors (Lipinski definition) is 3. The summed E-state index contributed by atoms with van der Waals surface area (Å²) in [7, 11) is 0. The van der Waals surface area contributed by atoms with Crippen LogP contribution in [0.15, 0.2) is 41.2 Å². The van der Waals surface area contributed by atoms with Gasteiger partial charge in [0, 0.05) is 5.69 Å². The van der Waals surface area contributed by atoms with Gasteiger partial charge in [0.25, 0.3) is 5.56 Å². The largest absolute Gasteiger partial charge is 0.399 e. The third-order valence-electron chi connectivity index (χ3n) is 3.19. The summed E-state index contributed by atoms with van der Waals surface area (Å²) in [6, 6.07) is 10.6. The molecule has 4 N–H and O–H groups in total. The standard InChI is InChI=1S/C15H13ClN4O/c1-8-3-2-4-11(16)13(8)19-15-18-12-6-5-9(17)7-10(12)14(21)20-15/h2-7H,17H2,1H3,(H2,18,19,20,21). The molecule has 0 unspecified atom stereocenters. The monoisotopic (exact) mass is 300 g/mol. The molecule has 0 fully saturated rings. The van der Waals surface area contributed by atoms with E-state index >= 15 is 0 Å². The highest BCUT2D eigenvalue weighted by Gasteiger charge is 2.08. The van der Waals surface area contributed by atoms with Crippen LogP contribution in [0.2, 0.25) is 5.02 Å². The first-order chi connectivity index (χ1) is 10.0. The topological polar surface area (TPSA) is 83.8 Å². The van der Waals surface area contributed by atoms with Crippen LogP contribution in [0.4, 0.5) is 17.3 Å². The minimum Gasteiger partial charge on any atom is -0.399 e. The molecule has 0 saturated carbocycles. The number of nitrogens with one attached hydrogen (secondary N) is 2. The first-order valence-corrected chi connectivity index (χ1v) is 6.74. The summed E-state index contributed by atoms with van der Waals surface area (Å²) >= 11 is 6.16. The number of aromatic amines is 1. The van der Waals surface area contributed by atoms with Crippen LogP contribution in [0, 0.1) is 6.92 Å². The number of H-pyrrole nitrogens is 1. The summed E-state index contributed by atoms with van der Waals surface area (Å²) in [6.45, 7) is 1.92. The lowest BCUT2D eigenvalue weighted by Gasteiger charge is -2.11. The molecular formula is C15H13ClN4O. The second kappa shape index (κ2) is 5.10. The van der Waals surface area contributed by atoms with Crippen LogP contribution in [-0.2, 0) is 0 Å². The van der Waals surface area contributed by atoms with E-state index in [-0.39, 0.29) is 5.56 Å². The number of halogens is 1. The molecule has 2 aromatic carbocycles. The highest BCUT2D eigenvalue weighted by Crippen LogP contribution is 2.27. The normalized spacial score (nSPS) is 10.8. The highest BCUT2D eigenvalue weighted by molar-refractivity contribution is 6.33. The van der Waals surface area contributed by atoms with Gasteiger partial charge in [-0.3, -0.25) is 9.78 Å². The molecule has 0 bridgehead atoms. The predicted octanol–water partition coefficient (Wildman–Crippen LogP) is 3.21. The number of aromatic nitrogens is 2. The van der Waals surface area contributed by atoms with Crippen molar-refractivity contribution in [3.8, 4) is 0 Å². The Morgan fingerprint density at radius 2 is 2.10 bits per heavy atom. The first kappa shape index (κ1) is 13.5. The third-order valence-corrected chi connectivity index (χ3v) is 3.51. The van der Waals surface area contributed by atoms with Crippen LogP contribution in [0.5, 0.6) is 0 Å². The van der Waals surface area contributed by atoms with E-state index < -0.39 is 0 Å². The van der Waals surface area contributed by atoms with Crippen molar-refractivity contribution < 1.29 is 0 Å². The Balaban J connectivity index is 2.10. The lowest BCUT2D eigenvalue weighted by Crippen LogP contribution is -2.12. The van der Waals surface area contributed by atoms with Crippen LogP contribution in [0.25, 0.3) is 10.9 Å². The minimum absolute atomic E-state index is 0.250. The number of para-hydroxylation sites is 1. The number of rotatable bonds is 2. The molecular weight excluding hydrogens is 288 g/mol. The van der Waals surface area contributed by atoms with E-state index in [1.807, 2.05) is 19.1 Å². The number of hydrogen-bond acceptors (Lipinski definition) is 4. The molecule has 1 aromatic heterocycles. The molecule has 5 nitrogen and oxygen atoms in total. The maximum atomic E-state index is 12.1. The van der Waals surface area contributed by atoms with E-state index in [9.17, 15) is 4.79 Å². The molecule has 0 spiro atoms. The lowest BCUT2D eigenvalue weighted by atomic mass is 10.2. The minimum atomic E-state index is -0.250. The number of anilines is 3. The smallest absolute Gasteiger partial charge is 0.260 e. The van der Waals surface area contributed by atoms with Gasteiger partial charge in [-0.25, -0.2) is 4.98 Å². The summed E-state index contributed by atoms with van der Waals surface area (Å²) in [5.41, 5.74) is 8.21. The van der Waals surface area contributed by atoms with Crippen molar-refractivity contribution in [1.82, 2.24) is 9.97 Å². The number of fused-ring (bicyclic) bond motifs is 1. The SMILES string of the molecule is Cc1cccc(Cl)c1Nc1nc2ccc(N)cc2c(=O)[nH]1. The predicted molar refractivity (Wildman–Crippen MR) is 86.2 cm³/mol. The van der Waals surface area contributed by atoms with Crippen molar-refractivity contribution in [2.45, 2.75) is 6.92 Å². The van der Waals surface area contributed by atoms with Crippen LogP contribution in [0.3, 0.4) is 0 Å². The molecule has 6 heteroatoms. The number of nitrogen functional groups attached to an aromatic ring is 1. The quantitative estimate of drug-likeness (QED) is 0.635. The molecule has 0 aliphatic heterocycles. The molecule has 0 aliphatic carbocycles. The Bertz CT molecular complexity index is 868. The molecule has 0 aliphatic rings. The van der Waals surface area contributed by atoms with Gasteiger partial charge in [0.05, 0.1) is 21.6 Å². The Labute approximate surface area is 125 Å². The van der Waals surface area contributed by atoms with Gasteiger partial charge in [0.1, 0.15) is 0 Å². The van der Waals surface area contributed by atoms with Crippen LogP contribution in [-0.4, -0.2) is 9.97 Å². The zero-order chi connectivity index (χ0) is 15.0. The fourth-order valence-electron chi connectivity index (χ4n) is 2.12. The van der Waals surface area contributed by atoms with E-state index in [0.29, 0.717) is 27.6 Å². The number of aryl methyl sites for hydroxylation is 1. The summed E-state index contributed by atoms with van der Waals surface area (Å²) < 4.78 is 0. The Hall–Kier alpha value is -2.53. The summed E-state index contributed by atoms with van der Waals surface area (Å²) in [5.74, 6) is 0.341. The highest BCUT2D eigenvalue weighted by atomic mass is 35.5. The Morgan fingerprint density at radius 1 is 1.29 bits per heavy atom. The van der Waals surface area contributed by atoms with Gasteiger partial charge in [0.15, 0.2) is 0 Å². The number of benzene rings is 2. The Morgan fingerprint density at radius 3 is 2.86 bits per heavy atom. The second-order valence-electron chi connectivity index (χ2n) is 4.75. The van der Waals surface area contributed by atoms with Crippen molar-refractivity contribution >= 4 is 39.8 Å². The summed E-state index contributed by atoms with van der Waals surface area (Å²) in [6.07, 6.45) is 0. The van der Waals surface area contributed by atoms with Crippen LogP contribution in [0.1, 0.15) is 5.56 Å². The van der Waals surface area contributed by atoms with Crippen molar-refractivity contribution in [1.29, 1.82) is 0 Å². The molecule has 0 radical (unpaired) electrons. The van der Waals surface area contributed by atoms with Gasteiger partial charge in [0.2, 0.25) is 5.95 Å². The fraction of sp³-hybridized carbons (Fsp3) is 0.0667. The molecule has 0 saturated heterocycles. The molecule has 3 aromatic rings. The molecule has 21 heavy (non-hydrogen) atoms. The fourth-order valence-corrected chi connectivity index (χ4v) is 2.39. The van der Waals surface area contributed by atoms with Gasteiger partial charge in [-0.15, -0.1) is 0 Å². The lowest BCUT2D eigenvalue weighted by molar-refractivity contribution is 1.17. The van der Waals surface area contributed by atoms with E-state index in [1.165, 1.54) is 0 Å². The van der Waals surface area contributed by atoms with Gasteiger partial charge in [-0.2, -0.15) is 0 Å². The maximum Gasteiger partial charge on any atom is 0.260 e. The second-order valence-corrected chi connectivity index (χ2v) is 5.16. The van der Waals surface area contributed by atoms with Gasteiger partial charge < -0.3 is 11.1 Å². The van der Waals surface area contributed by atoms with E-state index in [1.54, 1.807) is 24.3 Å². The van der Waals surface area contributed by atoms with Crippen molar-refractivity contribution in [3.63, 3.8) is 0 Å².